The quantitative estimate of drug-likeness (QED) is 0.465. The lowest BCUT2D eigenvalue weighted by Gasteiger charge is -2.21. The van der Waals surface area contributed by atoms with Crippen LogP contribution >= 0.6 is 11.3 Å². The summed E-state index contributed by atoms with van der Waals surface area (Å²) < 4.78 is 29.0. The van der Waals surface area contributed by atoms with Crippen molar-refractivity contribution in [2.75, 3.05) is 18.4 Å². The maximum atomic E-state index is 13.1. The Bertz CT molecular complexity index is 1500. The molecule has 0 saturated carbocycles. The predicted octanol–water partition coefficient (Wildman–Crippen LogP) is 3.50. The molecule has 0 atom stereocenters. The highest BCUT2D eigenvalue weighted by Gasteiger charge is 2.26. The molecule has 1 amide bonds. The maximum Gasteiger partial charge on any atom is 0.266 e. The van der Waals surface area contributed by atoms with Crippen LogP contribution in [-0.2, 0) is 10.0 Å². The van der Waals surface area contributed by atoms with Crippen molar-refractivity contribution in [2.24, 2.45) is 0 Å². The Balaban J connectivity index is 1.75. The highest BCUT2D eigenvalue weighted by Crippen LogP contribution is 2.28. The van der Waals surface area contributed by atoms with Gasteiger partial charge in [0.2, 0.25) is 10.0 Å². The fourth-order valence-electron chi connectivity index (χ4n) is 3.49. The van der Waals surface area contributed by atoms with Crippen LogP contribution in [0.3, 0.4) is 0 Å². The third kappa shape index (κ3) is 3.81. The summed E-state index contributed by atoms with van der Waals surface area (Å²) in [5.74, 6) is -0.499. The third-order valence-electron chi connectivity index (χ3n) is 5.15. The molecule has 4 aromatic rings. The van der Waals surface area contributed by atoms with Crippen LogP contribution in [0, 0.1) is 6.92 Å². The summed E-state index contributed by atoms with van der Waals surface area (Å²) in [5, 5.41) is 3.05. The van der Waals surface area contributed by atoms with Gasteiger partial charge in [0.05, 0.1) is 16.0 Å². The first-order valence-corrected chi connectivity index (χ1v) is 12.3. The normalized spacial score (nSPS) is 12.0. The van der Waals surface area contributed by atoms with Crippen molar-refractivity contribution >= 4 is 48.8 Å². The topological polar surface area (TPSA) is 101 Å². The zero-order valence-electron chi connectivity index (χ0n) is 17.8. The Hall–Kier alpha value is -3.08. The SMILES string of the molecule is CCN(CC)S(=O)(=O)c1cc(C)ccc1NC(=O)c1cc2c(=O)n3ccccc3nc2s1. The summed E-state index contributed by atoms with van der Waals surface area (Å²) in [6.07, 6.45) is 1.62. The first-order chi connectivity index (χ1) is 15.3. The predicted molar refractivity (Wildman–Crippen MR) is 126 cm³/mol. The second-order valence-electron chi connectivity index (χ2n) is 7.22. The van der Waals surface area contributed by atoms with Crippen LogP contribution < -0.4 is 10.9 Å². The minimum Gasteiger partial charge on any atom is -0.320 e. The molecule has 32 heavy (non-hydrogen) atoms. The molecule has 0 aliphatic rings. The van der Waals surface area contributed by atoms with E-state index >= 15 is 0 Å². The molecule has 166 valence electrons. The van der Waals surface area contributed by atoms with Crippen LogP contribution in [-0.4, -0.2) is 41.1 Å². The van der Waals surface area contributed by atoms with Gasteiger partial charge in [-0.3, -0.25) is 14.0 Å². The van der Waals surface area contributed by atoms with E-state index in [-0.39, 0.29) is 21.0 Å². The van der Waals surface area contributed by atoms with Crippen LogP contribution in [0.25, 0.3) is 15.9 Å². The second-order valence-corrected chi connectivity index (χ2v) is 10.2. The van der Waals surface area contributed by atoms with Crippen molar-refractivity contribution in [1.82, 2.24) is 13.7 Å². The van der Waals surface area contributed by atoms with Crippen LogP contribution in [0.15, 0.2) is 58.4 Å². The molecule has 0 fully saturated rings. The monoisotopic (exact) mass is 470 g/mol. The van der Waals surface area contributed by atoms with Gasteiger partial charge in [0.15, 0.2) is 0 Å². The number of benzene rings is 1. The van der Waals surface area contributed by atoms with E-state index in [0.29, 0.717) is 29.0 Å². The van der Waals surface area contributed by atoms with E-state index in [1.54, 1.807) is 63.4 Å². The number of thiophene rings is 1. The Labute approximate surface area is 189 Å². The largest absolute Gasteiger partial charge is 0.320 e. The van der Waals surface area contributed by atoms with Gasteiger partial charge in [-0.05, 0) is 42.8 Å². The first kappa shape index (κ1) is 22.1. The number of pyridine rings is 1. The standard InChI is InChI=1S/C22H22N4O4S2/c1-4-25(5-2)32(29,30)18-12-14(3)9-10-16(18)23-20(27)17-13-15-21(31-17)24-19-8-6-7-11-26(19)22(15)28/h6-13H,4-5H2,1-3H3,(H,23,27). The van der Waals surface area contributed by atoms with Gasteiger partial charge in [0, 0.05) is 19.3 Å². The zero-order valence-corrected chi connectivity index (χ0v) is 19.5. The Morgan fingerprint density at radius 3 is 2.62 bits per heavy atom. The number of amides is 1. The molecule has 0 bridgehead atoms. The fourth-order valence-corrected chi connectivity index (χ4v) is 6.11. The summed E-state index contributed by atoms with van der Waals surface area (Å²) in [5.41, 5.74) is 1.19. The van der Waals surface area contributed by atoms with Crippen molar-refractivity contribution in [2.45, 2.75) is 25.7 Å². The summed E-state index contributed by atoms with van der Waals surface area (Å²) in [6.45, 7) is 5.96. The van der Waals surface area contributed by atoms with Gasteiger partial charge in [-0.2, -0.15) is 4.31 Å². The number of anilines is 1. The Morgan fingerprint density at radius 2 is 1.91 bits per heavy atom. The van der Waals surface area contributed by atoms with Gasteiger partial charge in [-0.15, -0.1) is 11.3 Å². The number of carbonyl (C=O) groups excluding carboxylic acids is 1. The molecule has 8 nitrogen and oxygen atoms in total. The van der Waals surface area contributed by atoms with E-state index in [9.17, 15) is 18.0 Å². The minimum absolute atomic E-state index is 0.0413. The molecule has 0 aliphatic carbocycles. The smallest absolute Gasteiger partial charge is 0.266 e. The average molecular weight is 471 g/mol. The van der Waals surface area contributed by atoms with Crippen molar-refractivity contribution in [3.63, 3.8) is 0 Å². The molecule has 0 radical (unpaired) electrons. The average Bonchev–Trinajstić information content (AvgIpc) is 3.20. The second kappa shape index (κ2) is 8.45. The molecule has 3 heterocycles. The molecule has 1 N–H and O–H groups in total. The van der Waals surface area contributed by atoms with Gasteiger partial charge in [-0.1, -0.05) is 26.0 Å². The number of hydrogen-bond acceptors (Lipinski definition) is 6. The summed E-state index contributed by atoms with van der Waals surface area (Å²) in [7, 11) is -3.78. The molecule has 10 heteroatoms. The molecule has 0 spiro atoms. The Kier molecular flexibility index (Phi) is 5.85. The molecule has 0 unspecified atom stereocenters. The number of nitrogens with one attached hydrogen (secondary N) is 1. The highest BCUT2D eigenvalue weighted by molar-refractivity contribution is 7.89. The van der Waals surface area contributed by atoms with E-state index in [1.165, 1.54) is 14.8 Å². The molecule has 0 aliphatic heterocycles. The third-order valence-corrected chi connectivity index (χ3v) is 8.27. The van der Waals surface area contributed by atoms with E-state index in [0.717, 1.165) is 16.9 Å². The van der Waals surface area contributed by atoms with Gasteiger partial charge in [0.25, 0.3) is 11.5 Å². The lowest BCUT2D eigenvalue weighted by Crippen LogP contribution is -2.31. The lowest BCUT2D eigenvalue weighted by molar-refractivity contribution is 0.103. The van der Waals surface area contributed by atoms with Gasteiger partial charge < -0.3 is 5.32 Å². The summed E-state index contributed by atoms with van der Waals surface area (Å²) >= 11 is 1.09. The number of aromatic nitrogens is 2. The van der Waals surface area contributed by atoms with E-state index in [1.807, 2.05) is 0 Å². The zero-order chi connectivity index (χ0) is 23.0. The highest BCUT2D eigenvalue weighted by atomic mass is 32.2. The van der Waals surface area contributed by atoms with Crippen LogP contribution in [0.4, 0.5) is 5.69 Å². The molecule has 0 saturated heterocycles. The molecular weight excluding hydrogens is 448 g/mol. The van der Waals surface area contributed by atoms with E-state index < -0.39 is 15.9 Å². The molecule has 1 aromatic carbocycles. The van der Waals surface area contributed by atoms with Crippen molar-refractivity contribution in [3.8, 4) is 0 Å². The number of rotatable bonds is 6. The minimum atomic E-state index is -3.78. The number of fused-ring (bicyclic) bond motifs is 2. The Morgan fingerprint density at radius 1 is 1.16 bits per heavy atom. The van der Waals surface area contributed by atoms with Crippen LogP contribution in [0.1, 0.15) is 29.1 Å². The molecular formula is C22H22N4O4S2. The lowest BCUT2D eigenvalue weighted by atomic mass is 10.2. The number of nitrogens with zero attached hydrogens (tertiary/aromatic N) is 3. The van der Waals surface area contributed by atoms with Gasteiger partial charge in [0.1, 0.15) is 15.4 Å². The van der Waals surface area contributed by atoms with E-state index in [4.69, 9.17) is 0 Å². The molecule has 3 aromatic heterocycles. The number of carbonyl (C=O) groups is 1. The maximum absolute atomic E-state index is 13.1. The van der Waals surface area contributed by atoms with E-state index in [2.05, 4.69) is 10.3 Å². The van der Waals surface area contributed by atoms with Crippen molar-refractivity contribution in [1.29, 1.82) is 0 Å². The fraction of sp³-hybridized carbons (Fsp3) is 0.227. The van der Waals surface area contributed by atoms with Crippen molar-refractivity contribution in [3.05, 3.63) is 69.5 Å². The van der Waals surface area contributed by atoms with Crippen molar-refractivity contribution < 1.29 is 13.2 Å². The summed E-state index contributed by atoms with van der Waals surface area (Å²) in [4.78, 5) is 31.0. The van der Waals surface area contributed by atoms with Crippen LogP contribution in [0.5, 0.6) is 0 Å². The molecule has 4 rings (SSSR count). The summed E-state index contributed by atoms with van der Waals surface area (Å²) in [6, 6.07) is 11.6. The van der Waals surface area contributed by atoms with Gasteiger partial charge in [-0.25, -0.2) is 13.4 Å². The number of hydrogen-bond donors (Lipinski definition) is 1. The van der Waals surface area contributed by atoms with Crippen LogP contribution in [0.2, 0.25) is 0 Å². The number of aryl methyl sites for hydroxylation is 1. The number of sulfonamides is 1. The van der Waals surface area contributed by atoms with Gasteiger partial charge >= 0.3 is 0 Å². The first-order valence-electron chi connectivity index (χ1n) is 10.1.